The number of carbonyl (C=O) groups is 2. The number of carboxylic acids is 1. The van der Waals surface area contributed by atoms with Crippen molar-refractivity contribution < 1.29 is 24.9 Å². The molecule has 18 heavy (non-hydrogen) atoms. The average Bonchev–Trinajstić information content (AvgIpc) is 1.99. The van der Waals surface area contributed by atoms with Crippen molar-refractivity contribution in [1.82, 2.24) is 0 Å². The van der Waals surface area contributed by atoms with Crippen molar-refractivity contribution in [1.29, 1.82) is 0 Å². The van der Waals surface area contributed by atoms with Crippen LogP contribution in [0.3, 0.4) is 0 Å². The van der Waals surface area contributed by atoms with E-state index in [0.29, 0.717) is 12.8 Å². The van der Waals surface area contributed by atoms with E-state index in [0.717, 1.165) is 0 Å². The zero-order valence-electron chi connectivity index (χ0n) is 11.9. The van der Waals surface area contributed by atoms with E-state index < -0.39 is 18.2 Å². The standard InChI is InChI=1S/C6H10O3.2C3H7O.Al/c1-5(7)3-2-4-6(8)9;2*1-3(2)4;/h2-4H2,1H3,(H,8,9);2*3H,1-2H3;/q;2*-1;+3/p-1. The largest absolute Gasteiger partial charge is 3.00 e. The predicted molar refractivity (Wildman–Crippen MR) is 65.6 cm³/mol. The normalized spacial score (nSPS) is 8.50. The molecule has 0 saturated heterocycles. The Balaban J connectivity index is -0.0000000922. The van der Waals surface area contributed by atoms with Crippen LogP contribution in [0.1, 0.15) is 53.9 Å². The molecular weight excluding hydrogens is 251 g/mol. The summed E-state index contributed by atoms with van der Waals surface area (Å²) in [5, 5.41) is 28.8. The first kappa shape index (κ1) is 26.2. The van der Waals surface area contributed by atoms with Crippen LogP contribution in [-0.4, -0.2) is 41.3 Å². The van der Waals surface area contributed by atoms with Gasteiger partial charge in [-0.1, -0.05) is 27.7 Å². The first-order valence-corrected chi connectivity index (χ1v) is 5.60. The Kier molecular flexibility index (Phi) is 27.6. The molecular formula is C12H23AlO5. The third-order valence-corrected chi connectivity index (χ3v) is 0.910. The van der Waals surface area contributed by atoms with Gasteiger partial charge in [0.25, 0.3) is 0 Å². The maximum Gasteiger partial charge on any atom is 3.00 e. The van der Waals surface area contributed by atoms with Crippen molar-refractivity contribution in [3.05, 3.63) is 0 Å². The molecule has 0 unspecified atom stereocenters. The first-order valence-electron chi connectivity index (χ1n) is 5.60. The Morgan fingerprint density at radius 2 is 1.22 bits per heavy atom. The van der Waals surface area contributed by atoms with Crippen molar-refractivity contribution in [2.75, 3.05) is 0 Å². The minimum Gasteiger partial charge on any atom is -0.852 e. The molecule has 5 nitrogen and oxygen atoms in total. The molecule has 0 rings (SSSR count). The van der Waals surface area contributed by atoms with E-state index in [4.69, 9.17) is 0 Å². The van der Waals surface area contributed by atoms with Gasteiger partial charge in [0.05, 0.1) is 0 Å². The quantitative estimate of drug-likeness (QED) is 0.588. The van der Waals surface area contributed by atoms with E-state index in [9.17, 15) is 24.9 Å². The molecule has 0 aliphatic carbocycles. The summed E-state index contributed by atoms with van der Waals surface area (Å²) < 4.78 is 0. The maximum atomic E-state index is 10.2. The fourth-order valence-electron chi connectivity index (χ4n) is 0.482. The SMILES string of the molecule is CC(=O)CCCC(=O)[O-].CC(C)[O-].CC(C)[O-].[Al+3]. The number of Topliss-reactive ketones (excluding diaryl/α,β-unsaturated/α-hetero) is 1. The number of hydrogen-bond acceptors (Lipinski definition) is 5. The Hall–Kier alpha value is -0.408. The summed E-state index contributed by atoms with van der Waals surface area (Å²) in [7, 11) is 0. The molecule has 0 amide bonds. The van der Waals surface area contributed by atoms with Crippen molar-refractivity contribution >= 4 is 29.1 Å². The van der Waals surface area contributed by atoms with Crippen molar-refractivity contribution in [2.45, 2.75) is 66.1 Å². The zero-order valence-corrected chi connectivity index (χ0v) is 13.0. The Morgan fingerprint density at radius 3 is 1.39 bits per heavy atom. The van der Waals surface area contributed by atoms with Gasteiger partial charge in [0.1, 0.15) is 5.78 Å². The smallest absolute Gasteiger partial charge is 0.852 e. The molecule has 6 heteroatoms. The molecule has 0 aromatic rings. The van der Waals surface area contributed by atoms with Crippen LogP contribution >= 0.6 is 0 Å². The van der Waals surface area contributed by atoms with Gasteiger partial charge in [-0.25, -0.2) is 0 Å². The zero-order chi connectivity index (χ0) is 14.4. The molecule has 0 aliphatic rings. The third kappa shape index (κ3) is 106. The average molecular weight is 274 g/mol. The molecule has 0 bridgehead atoms. The van der Waals surface area contributed by atoms with Crippen LogP contribution in [0, 0.1) is 0 Å². The fraction of sp³-hybridized carbons (Fsp3) is 0.833. The van der Waals surface area contributed by atoms with E-state index in [1.54, 1.807) is 27.7 Å². The third-order valence-electron chi connectivity index (χ3n) is 0.910. The van der Waals surface area contributed by atoms with Gasteiger partial charge in [0.2, 0.25) is 0 Å². The Labute approximate surface area is 120 Å². The summed E-state index contributed by atoms with van der Waals surface area (Å²) in [6.07, 6.45) is -0.106. The van der Waals surface area contributed by atoms with Gasteiger partial charge in [-0.05, 0) is 19.8 Å². The number of carboxylic acid groups (broad SMARTS) is 1. The van der Waals surface area contributed by atoms with Gasteiger partial charge < -0.3 is 24.9 Å². The van der Waals surface area contributed by atoms with Gasteiger partial charge in [-0.3, -0.25) is 0 Å². The molecule has 0 aromatic carbocycles. The first-order chi connectivity index (χ1) is 7.59. The molecule has 0 aromatic heterocycles. The van der Waals surface area contributed by atoms with Crippen molar-refractivity contribution in [3.63, 3.8) is 0 Å². The summed E-state index contributed by atoms with van der Waals surface area (Å²) in [5.41, 5.74) is 0. The number of ketones is 1. The minimum atomic E-state index is -1.09. The van der Waals surface area contributed by atoms with Crippen LogP contribution in [0.5, 0.6) is 0 Å². The summed E-state index contributed by atoms with van der Waals surface area (Å²) >= 11 is 0. The van der Waals surface area contributed by atoms with Gasteiger partial charge in [-0.2, -0.15) is 0 Å². The second-order valence-corrected chi connectivity index (χ2v) is 4.03. The molecule has 104 valence electrons. The number of hydrogen-bond donors (Lipinski definition) is 0. The van der Waals surface area contributed by atoms with Gasteiger partial charge in [0, 0.05) is 12.4 Å². The van der Waals surface area contributed by atoms with Gasteiger partial charge in [-0.15, -0.1) is 12.2 Å². The van der Waals surface area contributed by atoms with E-state index in [2.05, 4.69) is 0 Å². The van der Waals surface area contributed by atoms with Gasteiger partial charge in [0.15, 0.2) is 0 Å². The minimum absolute atomic E-state index is 0. The summed E-state index contributed by atoms with van der Waals surface area (Å²) in [6.45, 7) is 7.88. The van der Waals surface area contributed by atoms with Gasteiger partial charge >= 0.3 is 17.4 Å². The van der Waals surface area contributed by atoms with Crippen molar-refractivity contribution in [3.8, 4) is 0 Å². The number of carbonyl (C=O) groups excluding carboxylic acids is 2. The molecule has 0 heterocycles. The summed E-state index contributed by atoms with van der Waals surface area (Å²) in [4.78, 5) is 20.0. The van der Waals surface area contributed by atoms with Crippen LogP contribution in [0.2, 0.25) is 0 Å². The molecule has 0 atom stereocenters. The Morgan fingerprint density at radius 1 is 0.944 bits per heavy atom. The second kappa shape index (κ2) is 18.9. The summed E-state index contributed by atoms with van der Waals surface area (Å²) in [5.74, 6) is -1.06. The van der Waals surface area contributed by atoms with Crippen LogP contribution in [0.15, 0.2) is 0 Å². The molecule has 0 spiro atoms. The van der Waals surface area contributed by atoms with E-state index in [-0.39, 0.29) is 29.6 Å². The Bertz CT molecular complexity index is 167. The van der Waals surface area contributed by atoms with Crippen LogP contribution in [0.25, 0.3) is 0 Å². The molecule has 0 radical (unpaired) electrons. The topological polar surface area (TPSA) is 103 Å². The van der Waals surface area contributed by atoms with Crippen molar-refractivity contribution in [2.24, 2.45) is 0 Å². The molecule has 0 fully saturated rings. The molecule has 0 N–H and O–H groups in total. The number of aliphatic carboxylic acids is 1. The molecule has 0 aliphatic heterocycles. The van der Waals surface area contributed by atoms with Crippen LogP contribution in [0.4, 0.5) is 0 Å². The monoisotopic (exact) mass is 274 g/mol. The van der Waals surface area contributed by atoms with Crippen LogP contribution < -0.4 is 15.3 Å². The predicted octanol–water partition coefficient (Wildman–Crippen LogP) is -1.37. The molecule has 0 saturated carbocycles. The van der Waals surface area contributed by atoms with E-state index >= 15 is 0 Å². The van der Waals surface area contributed by atoms with E-state index in [1.165, 1.54) is 6.92 Å². The second-order valence-electron chi connectivity index (χ2n) is 4.03. The van der Waals surface area contributed by atoms with Crippen LogP contribution in [-0.2, 0) is 9.59 Å². The summed E-state index contributed by atoms with van der Waals surface area (Å²) in [6, 6.07) is 0. The fourth-order valence-corrected chi connectivity index (χ4v) is 0.482. The maximum absolute atomic E-state index is 10.2. The van der Waals surface area contributed by atoms with E-state index in [1.807, 2.05) is 0 Å². The number of rotatable bonds is 4.